The number of hydrogen-bond acceptors (Lipinski definition) is 6. The van der Waals surface area contributed by atoms with Crippen molar-refractivity contribution < 1.29 is 9.52 Å². The van der Waals surface area contributed by atoms with Crippen molar-refractivity contribution in [2.75, 3.05) is 6.61 Å². The van der Waals surface area contributed by atoms with Crippen molar-refractivity contribution >= 4 is 22.7 Å². The number of aromatic amines is 1. The summed E-state index contributed by atoms with van der Waals surface area (Å²) in [6.45, 7) is 3.70. The molecule has 26 heavy (non-hydrogen) atoms. The number of aromatic nitrogens is 2. The number of hydrogen-bond donors (Lipinski definition) is 2. The molecule has 0 radical (unpaired) electrons. The molecule has 0 unspecified atom stereocenters. The molecule has 2 N–H and O–H groups in total. The minimum atomic E-state index is -0.391. The molecule has 2 aromatic heterocycles. The molecule has 0 aliphatic heterocycles. The molecule has 0 aliphatic rings. The summed E-state index contributed by atoms with van der Waals surface area (Å²) in [5.74, 6) is 0.481. The Hall–Kier alpha value is -2.38. The minimum absolute atomic E-state index is 0.0936. The van der Waals surface area contributed by atoms with E-state index in [-0.39, 0.29) is 18.6 Å². The van der Waals surface area contributed by atoms with Crippen LogP contribution in [0.3, 0.4) is 0 Å². The second kappa shape index (κ2) is 7.88. The lowest BCUT2D eigenvalue weighted by Gasteiger charge is -2.08. The third-order valence-electron chi connectivity index (χ3n) is 4.23. The van der Waals surface area contributed by atoms with E-state index in [1.54, 1.807) is 6.92 Å². The predicted octanol–water partition coefficient (Wildman–Crippen LogP) is 2.57. The Morgan fingerprint density at radius 1 is 1.27 bits per heavy atom. The lowest BCUT2D eigenvalue weighted by atomic mass is 10.1. The normalized spacial score (nSPS) is 11.2. The molecule has 0 atom stereocenters. The van der Waals surface area contributed by atoms with Gasteiger partial charge in [0.2, 0.25) is 0 Å². The van der Waals surface area contributed by atoms with Gasteiger partial charge in [0.15, 0.2) is 5.16 Å². The third-order valence-corrected chi connectivity index (χ3v) is 5.15. The van der Waals surface area contributed by atoms with Crippen LogP contribution < -0.4 is 11.2 Å². The van der Waals surface area contributed by atoms with Crippen LogP contribution in [-0.2, 0) is 18.6 Å². The van der Waals surface area contributed by atoms with Crippen molar-refractivity contribution in [3.8, 4) is 0 Å². The lowest BCUT2D eigenvalue weighted by Crippen LogP contribution is -2.18. The maximum Gasteiger partial charge on any atom is 0.336 e. The number of nitrogens with one attached hydrogen (secondary N) is 1. The number of nitrogens with zero attached hydrogens (tertiary/aromatic N) is 1. The third kappa shape index (κ3) is 3.89. The van der Waals surface area contributed by atoms with E-state index < -0.39 is 5.63 Å². The van der Waals surface area contributed by atoms with Crippen molar-refractivity contribution in [1.82, 2.24) is 9.97 Å². The number of aryl methyl sites for hydroxylation is 2. The zero-order valence-electron chi connectivity index (χ0n) is 14.7. The van der Waals surface area contributed by atoms with Crippen molar-refractivity contribution in [2.45, 2.75) is 37.6 Å². The van der Waals surface area contributed by atoms with Gasteiger partial charge >= 0.3 is 5.63 Å². The van der Waals surface area contributed by atoms with Crippen LogP contribution in [-0.4, -0.2) is 21.7 Å². The first-order valence-electron chi connectivity index (χ1n) is 8.41. The number of aliphatic hydroxyl groups is 1. The van der Waals surface area contributed by atoms with Crippen LogP contribution in [0, 0.1) is 6.92 Å². The Labute approximate surface area is 154 Å². The maximum atomic E-state index is 12.1. The zero-order chi connectivity index (χ0) is 18.7. The molecule has 0 saturated carbocycles. The molecule has 2 heterocycles. The Kier molecular flexibility index (Phi) is 5.58. The highest BCUT2D eigenvalue weighted by atomic mass is 32.2. The highest BCUT2D eigenvalue weighted by Crippen LogP contribution is 2.25. The van der Waals surface area contributed by atoms with Crippen LogP contribution in [0.4, 0.5) is 0 Å². The summed E-state index contributed by atoms with van der Waals surface area (Å²) in [7, 11) is 0. The second-order valence-electron chi connectivity index (χ2n) is 5.97. The van der Waals surface area contributed by atoms with Crippen LogP contribution in [0.1, 0.15) is 29.3 Å². The van der Waals surface area contributed by atoms with Gasteiger partial charge in [0.05, 0.1) is 0 Å². The van der Waals surface area contributed by atoms with Gasteiger partial charge in [0.25, 0.3) is 5.56 Å². The first kappa shape index (κ1) is 18.4. The van der Waals surface area contributed by atoms with Crippen molar-refractivity contribution in [3.05, 3.63) is 67.4 Å². The predicted molar refractivity (Wildman–Crippen MR) is 102 cm³/mol. The van der Waals surface area contributed by atoms with Crippen LogP contribution in [0.25, 0.3) is 11.0 Å². The second-order valence-corrected chi connectivity index (χ2v) is 6.94. The molecular formula is C19H20N2O4S. The summed E-state index contributed by atoms with van der Waals surface area (Å²) in [6.07, 6.45) is 1.15. The van der Waals surface area contributed by atoms with E-state index in [2.05, 4.69) is 9.97 Å². The van der Waals surface area contributed by atoms with E-state index >= 15 is 0 Å². The molecule has 0 bridgehead atoms. The van der Waals surface area contributed by atoms with Crippen molar-refractivity contribution in [3.63, 3.8) is 0 Å². The Balaban J connectivity index is 1.90. The van der Waals surface area contributed by atoms with E-state index in [1.807, 2.05) is 25.1 Å². The van der Waals surface area contributed by atoms with Gasteiger partial charge in [-0.15, -0.1) is 0 Å². The summed E-state index contributed by atoms with van der Waals surface area (Å²) >= 11 is 1.35. The summed E-state index contributed by atoms with van der Waals surface area (Å²) < 4.78 is 5.32. The number of fused-ring (bicyclic) bond motifs is 1. The fraction of sp³-hybridized carbons (Fsp3) is 0.316. The molecule has 0 spiro atoms. The summed E-state index contributed by atoms with van der Waals surface area (Å²) in [6, 6.07) is 7.34. The van der Waals surface area contributed by atoms with Crippen molar-refractivity contribution in [1.29, 1.82) is 0 Å². The molecule has 0 aliphatic carbocycles. The molecule has 7 heteroatoms. The van der Waals surface area contributed by atoms with E-state index in [1.165, 1.54) is 17.8 Å². The van der Waals surface area contributed by atoms with Gasteiger partial charge in [-0.3, -0.25) is 4.79 Å². The summed E-state index contributed by atoms with van der Waals surface area (Å²) in [5, 5.41) is 10.4. The van der Waals surface area contributed by atoms with Gasteiger partial charge in [-0.25, -0.2) is 9.78 Å². The fourth-order valence-electron chi connectivity index (χ4n) is 2.82. The molecule has 0 fully saturated rings. The molecule has 136 valence electrons. The highest BCUT2D eigenvalue weighted by molar-refractivity contribution is 7.98. The first-order chi connectivity index (χ1) is 12.5. The van der Waals surface area contributed by atoms with E-state index in [0.29, 0.717) is 27.7 Å². The maximum absolute atomic E-state index is 12.1. The topological polar surface area (TPSA) is 96.2 Å². The number of rotatable bonds is 6. The standard InChI is InChI=1S/C19H20N2O4S/c1-3-12-4-5-15-13(9-17(23)25-16(15)8-12)10-26-19-20-11(2)14(6-7-22)18(24)21-19/h4-5,8-9,22H,3,6-7,10H2,1-2H3,(H,20,21,24). The molecule has 0 saturated heterocycles. The Morgan fingerprint density at radius 3 is 2.77 bits per heavy atom. The van der Waals surface area contributed by atoms with Crippen LogP contribution in [0.15, 0.2) is 43.4 Å². The molecule has 3 rings (SSSR count). The van der Waals surface area contributed by atoms with Crippen LogP contribution >= 0.6 is 11.8 Å². The monoisotopic (exact) mass is 372 g/mol. The van der Waals surface area contributed by atoms with E-state index in [4.69, 9.17) is 9.52 Å². The zero-order valence-corrected chi connectivity index (χ0v) is 15.5. The Bertz CT molecular complexity index is 1060. The molecule has 3 aromatic rings. The highest BCUT2D eigenvalue weighted by Gasteiger charge is 2.11. The van der Waals surface area contributed by atoms with Gasteiger partial charge < -0.3 is 14.5 Å². The summed E-state index contributed by atoms with van der Waals surface area (Å²) in [5.41, 5.74) is 2.99. The fourth-order valence-corrected chi connectivity index (χ4v) is 3.72. The van der Waals surface area contributed by atoms with Crippen LogP contribution in [0.5, 0.6) is 0 Å². The quantitative estimate of drug-likeness (QED) is 0.392. The van der Waals surface area contributed by atoms with Gasteiger partial charge in [-0.05, 0) is 30.5 Å². The van der Waals surface area contributed by atoms with Crippen molar-refractivity contribution in [2.24, 2.45) is 0 Å². The Morgan fingerprint density at radius 2 is 2.08 bits per heavy atom. The van der Waals surface area contributed by atoms with Gasteiger partial charge in [-0.2, -0.15) is 0 Å². The number of aliphatic hydroxyl groups excluding tert-OH is 1. The largest absolute Gasteiger partial charge is 0.423 e. The number of thioether (sulfide) groups is 1. The van der Waals surface area contributed by atoms with E-state index in [0.717, 1.165) is 22.9 Å². The SMILES string of the molecule is CCc1ccc2c(CSc3nc(C)c(CCO)c(=O)[nH]3)cc(=O)oc2c1. The lowest BCUT2D eigenvalue weighted by molar-refractivity contribution is 0.298. The first-order valence-corrected chi connectivity index (χ1v) is 9.39. The van der Waals surface area contributed by atoms with Gasteiger partial charge in [0.1, 0.15) is 5.58 Å². The molecule has 0 amide bonds. The minimum Gasteiger partial charge on any atom is -0.423 e. The smallest absolute Gasteiger partial charge is 0.336 e. The van der Waals surface area contributed by atoms with Gasteiger partial charge in [-0.1, -0.05) is 30.8 Å². The molecular weight excluding hydrogens is 352 g/mol. The average molecular weight is 372 g/mol. The summed E-state index contributed by atoms with van der Waals surface area (Å²) in [4.78, 5) is 31.1. The van der Waals surface area contributed by atoms with E-state index in [9.17, 15) is 9.59 Å². The average Bonchev–Trinajstić information content (AvgIpc) is 2.62. The molecule has 1 aromatic carbocycles. The molecule has 6 nitrogen and oxygen atoms in total. The van der Waals surface area contributed by atoms with Crippen LogP contribution in [0.2, 0.25) is 0 Å². The number of benzene rings is 1. The number of H-pyrrole nitrogens is 1. The van der Waals surface area contributed by atoms with Gasteiger partial charge in [0, 0.05) is 41.5 Å².